The van der Waals surface area contributed by atoms with Gasteiger partial charge in [0.2, 0.25) is 0 Å². The molecular weight excluding hydrogens is 388 g/mol. The van der Waals surface area contributed by atoms with Crippen molar-refractivity contribution in [1.82, 2.24) is 30.5 Å². The van der Waals surface area contributed by atoms with Gasteiger partial charge in [-0.15, -0.1) is 0 Å². The van der Waals surface area contributed by atoms with Crippen molar-refractivity contribution < 1.29 is 4.74 Å². The lowest BCUT2D eigenvalue weighted by atomic mass is 10.1. The van der Waals surface area contributed by atoms with Crippen molar-refractivity contribution in [3.63, 3.8) is 0 Å². The summed E-state index contributed by atoms with van der Waals surface area (Å²) in [5.74, 6) is 0.786. The Morgan fingerprint density at radius 2 is 1.84 bits per heavy atom. The molecule has 4 aromatic heterocycles. The Bertz CT molecular complexity index is 1330. The van der Waals surface area contributed by atoms with Gasteiger partial charge in [-0.3, -0.25) is 15.1 Å². The molecule has 1 aliphatic heterocycles. The van der Waals surface area contributed by atoms with Gasteiger partial charge in [0.15, 0.2) is 0 Å². The van der Waals surface area contributed by atoms with E-state index in [0.717, 1.165) is 76.1 Å². The van der Waals surface area contributed by atoms with Crippen LogP contribution in [0.4, 0.5) is 0 Å². The van der Waals surface area contributed by atoms with E-state index in [9.17, 15) is 0 Å². The molecule has 5 heterocycles. The van der Waals surface area contributed by atoms with Crippen LogP contribution in [0.5, 0.6) is 5.75 Å². The van der Waals surface area contributed by atoms with Crippen LogP contribution in [0.3, 0.4) is 0 Å². The minimum absolute atomic E-state index is 0.233. The molecular formula is C24H22N6O. The monoisotopic (exact) mass is 410 g/mol. The number of ether oxygens (including phenoxy) is 1. The molecule has 0 bridgehead atoms. The second-order valence-corrected chi connectivity index (χ2v) is 7.93. The van der Waals surface area contributed by atoms with Crippen molar-refractivity contribution >= 4 is 21.8 Å². The van der Waals surface area contributed by atoms with Crippen LogP contribution in [0.2, 0.25) is 0 Å². The van der Waals surface area contributed by atoms with Gasteiger partial charge in [0.1, 0.15) is 17.5 Å². The molecule has 7 heteroatoms. The van der Waals surface area contributed by atoms with Gasteiger partial charge in [-0.2, -0.15) is 5.10 Å². The van der Waals surface area contributed by atoms with Crippen LogP contribution in [-0.2, 0) is 0 Å². The fraction of sp³-hybridized carbons (Fsp3) is 0.208. The molecule has 3 N–H and O–H groups in total. The highest BCUT2D eigenvalue weighted by Crippen LogP contribution is 2.31. The van der Waals surface area contributed by atoms with E-state index in [-0.39, 0.29) is 6.10 Å². The molecule has 0 amide bonds. The van der Waals surface area contributed by atoms with Gasteiger partial charge in [0.25, 0.3) is 0 Å². The SMILES string of the molecule is c1ccc2[nH]c(-c3n[nH]c4cnc(-c5cncc(OC6CCNCC6)c5)cc34)cc2c1. The van der Waals surface area contributed by atoms with E-state index in [0.29, 0.717) is 0 Å². The first-order valence-electron chi connectivity index (χ1n) is 10.6. The first-order valence-corrected chi connectivity index (χ1v) is 10.6. The van der Waals surface area contributed by atoms with Gasteiger partial charge in [0, 0.05) is 28.0 Å². The molecule has 0 unspecified atom stereocenters. The number of nitrogens with zero attached hydrogens (tertiary/aromatic N) is 3. The highest BCUT2D eigenvalue weighted by molar-refractivity contribution is 5.96. The minimum atomic E-state index is 0.233. The number of piperidine rings is 1. The number of benzene rings is 1. The zero-order valence-electron chi connectivity index (χ0n) is 16.9. The first-order chi connectivity index (χ1) is 15.3. The Labute approximate surface area is 178 Å². The maximum Gasteiger partial charge on any atom is 0.138 e. The molecule has 1 saturated heterocycles. The summed E-state index contributed by atoms with van der Waals surface area (Å²) in [5.41, 5.74) is 5.62. The van der Waals surface area contributed by atoms with Gasteiger partial charge in [-0.25, -0.2) is 0 Å². The average Bonchev–Trinajstić information content (AvgIpc) is 3.43. The minimum Gasteiger partial charge on any atom is -0.489 e. The molecule has 0 aliphatic carbocycles. The summed E-state index contributed by atoms with van der Waals surface area (Å²) in [6, 6.07) is 14.4. The highest BCUT2D eigenvalue weighted by Gasteiger charge is 2.16. The zero-order chi connectivity index (χ0) is 20.6. The van der Waals surface area contributed by atoms with Gasteiger partial charge >= 0.3 is 0 Å². The summed E-state index contributed by atoms with van der Waals surface area (Å²) in [6.45, 7) is 1.99. The number of hydrogen-bond acceptors (Lipinski definition) is 5. The second-order valence-electron chi connectivity index (χ2n) is 7.93. The molecule has 1 fully saturated rings. The molecule has 6 rings (SSSR count). The number of aromatic amines is 2. The number of pyridine rings is 2. The number of hydrogen-bond donors (Lipinski definition) is 3. The van der Waals surface area contributed by atoms with Crippen LogP contribution in [0, 0.1) is 0 Å². The molecule has 154 valence electrons. The van der Waals surface area contributed by atoms with Crippen molar-refractivity contribution in [1.29, 1.82) is 0 Å². The van der Waals surface area contributed by atoms with Crippen LogP contribution in [0.25, 0.3) is 44.5 Å². The van der Waals surface area contributed by atoms with Crippen LogP contribution >= 0.6 is 0 Å². The molecule has 5 aromatic rings. The third kappa shape index (κ3) is 3.43. The lowest BCUT2D eigenvalue weighted by molar-refractivity contribution is 0.162. The molecule has 7 nitrogen and oxygen atoms in total. The van der Waals surface area contributed by atoms with E-state index in [1.807, 2.05) is 30.6 Å². The molecule has 0 radical (unpaired) electrons. The van der Waals surface area contributed by atoms with E-state index in [1.54, 1.807) is 6.20 Å². The van der Waals surface area contributed by atoms with Crippen LogP contribution in [-0.4, -0.2) is 44.3 Å². The highest BCUT2D eigenvalue weighted by atomic mass is 16.5. The van der Waals surface area contributed by atoms with Gasteiger partial charge in [0.05, 0.1) is 29.3 Å². The van der Waals surface area contributed by atoms with Gasteiger partial charge in [-0.05, 0) is 50.2 Å². The topological polar surface area (TPSA) is 91.5 Å². The molecule has 0 spiro atoms. The standard InChI is InChI=1S/C24H22N6O/c1-2-4-20-15(3-1)10-22(28-20)24-19-11-21(27-14-23(19)29-30-24)16-9-18(13-26-12-16)31-17-5-7-25-8-6-17/h1-4,9-14,17,25,28H,5-8H2,(H,29,30). The number of fused-ring (bicyclic) bond motifs is 2. The number of nitrogens with one attached hydrogen (secondary N) is 3. The normalized spacial score (nSPS) is 15.0. The smallest absolute Gasteiger partial charge is 0.138 e. The fourth-order valence-electron chi connectivity index (χ4n) is 4.21. The third-order valence-corrected chi connectivity index (χ3v) is 5.83. The van der Waals surface area contributed by atoms with E-state index in [2.05, 4.69) is 54.7 Å². The van der Waals surface area contributed by atoms with E-state index in [4.69, 9.17) is 4.74 Å². The van der Waals surface area contributed by atoms with Crippen molar-refractivity contribution in [2.45, 2.75) is 18.9 Å². The third-order valence-electron chi connectivity index (χ3n) is 5.83. The Hall–Kier alpha value is -3.71. The zero-order valence-corrected chi connectivity index (χ0v) is 16.9. The lowest BCUT2D eigenvalue weighted by Gasteiger charge is -2.23. The summed E-state index contributed by atoms with van der Waals surface area (Å²) in [7, 11) is 0. The molecule has 1 aliphatic rings. The molecule has 31 heavy (non-hydrogen) atoms. The van der Waals surface area contributed by atoms with Crippen molar-refractivity contribution in [2.24, 2.45) is 0 Å². The van der Waals surface area contributed by atoms with E-state index in [1.165, 1.54) is 0 Å². The summed E-state index contributed by atoms with van der Waals surface area (Å²) in [4.78, 5) is 12.5. The quantitative estimate of drug-likeness (QED) is 0.411. The predicted molar refractivity (Wildman–Crippen MR) is 121 cm³/mol. The van der Waals surface area contributed by atoms with Crippen LogP contribution in [0.1, 0.15) is 12.8 Å². The maximum atomic E-state index is 6.16. The van der Waals surface area contributed by atoms with Crippen molar-refractivity contribution in [3.05, 3.63) is 61.1 Å². The largest absolute Gasteiger partial charge is 0.489 e. The Morgan fingerprint density at radius 3 is 2.74 bits per heavy atom. The number of aromatic nitrogens is 5. The van der Waals surface area contributed by atoms with Gasteiger partial charge in [-0.1, -0.05) is 18.2 Å². The van der Waals surface area contributed by atoms with Crippen molar-refractivity contribution in [2.75, 3.05) is 13.1 Å². The number of H-pyrrole nitrogens is 2. The summed E-state index contributed by atoms with van der Waals surface area (Å²) >= 11 is 0. The van der Waals surface area contributed by atoms with Crippen molar-refractivity contribution in [3.8, 4) is 28.4 Å². The summed E-state index contributed by atoms with van der Waals surface area (Å²) < 4.78 is 6.16. The molecule has 0 saturated carbocycles. The van der Waals surface area contributed by atoms with Crippen LogP contribution < -0.4 is 10.1 Å². The maximum absolute atomic E-state index is 6.16. The van der Waals surface area contributed by atoms with E-state index >= 15 is 0 Å². The summed E-state index contributed by atoms with van der Waals surface area (Å²) in [5, 5.41) is 13.2. The number of para-hydroxylation sites is 1. The second kappa shape index (κ2) is 7.52. The summed E-state index contributed by atoms with van der Waals surface area (Å²) in [6.07, 6.45) is 7.68. The number of rotatable bonds is 4. The average molecular weight is 410 g/mol. The fourth-order valence-corrected chi connectivity index (χ4v) is 4.21. The van der Waals surface area contributed by atoms with Crippen LogP contribution in [0.15, 0.2) is 61.1 Å². The predicted octanol–water partition coefficient (Wildman–Crippen LogP) is 4.30. The van der Waals surface area contributed by atoms with Gasteiger partial charge < -0.3 is 15.0 Å². The molecule has 1 aromatic carbocycles. The Morgan fingerprint density at radius 1 is 0.935 bits per heavy atom. The lowest BCUT2D eigenvalue weighted by Crippen LogP contribution is -2.34. The van der Waals surface area contributed by atoms with E-state index < -0.39 is 0 Å². The Kier molecular flexibility index (Phi) is 4.39. The molecule has 0 atom stereocenters. The first kappa shape index (κ1) is 18.1. The Balaban J connectivity index is 1.36.